The lowest BCUT2D eigenvalue weighted by Gasteiger charge is -2.00. The van der Waals surface area contributed by atoms with Gasteiger partial charge in [0, 0.05) is 30.2 Å². The molecule has 2 aromatic rings. The van der Waals surface area contributed by atoms with E-state index in [9.17, 15) is 4.79 Å². The van der Waals surface area contributed by atoms with Gasteiger partial charge in [-0.15, -0.1) is 11.3 Å². The number of fused-ring (bicyclic) bond motifs is 1. The van der Waals surface area contributed by atoms with Crippen molar-refractivity contribution in [3.05, 3.63) is 54.0 Å². The van der Waals surface area contributed by atoms with Crippen LogP contribution in [-0.4, -0.2) is 5.78 Å². The van der Waals surface area contributed by atoms with Crippen molar-refractivity contribution in [2.45, 2.75) is 11.8 Å². The van der Waals surface area contributed by atoms with Gasteiger partial charge in [0.2, 0.25) is 5.78 Å². The number of aryl methyl sites for hydroxylation is 1. The van der Waals surface area contributed by atoms with Crippen LogP contribution >= 0.6 is 50.6 Å². The third kappa shape index (κ3) is 2.55. The van der Waals surface area contributed by atoms with E-state index in [1.807, 2.05) is 36.6 Å². The first-order valence-electron chi connectivity index (χ1n) is 5.53. The van der Waals surface area contributed by atoms with E-state index < -0.39 is 0 Å². The molecule has 3 rings (SSSR count). The molecule has 0 N–H and O–H groups in total. The van der Waals surface area contributed by atoms with Crippen molar-refractivity contribution < 1.29 is 4.79 Å². The molecule has 1 aromatic heterocycles. The molecule has 5 heteroatoms. The number of benzene rings is 1. The van der Waals surface area contributed by atoms with E-state index in [2.05, 4.69) is 15.9 Å². The molecule has 0 spiro atoms. The minimum Gasteiger partial charge on any atom is -0.288 e. The van der Waals surface area contributed by atoms with Gasteiger partial charge >= 0.3 is 0 Å². The molecular formula is C14H8BrClOS2. The normalized spacial score (nSPS) is 16.2. The number of hydrogen-bond acceptors (Lipinski definition) is 3. The van der Waals surface area contributed by atoms with Crippen LogP contribution in [0.25, 0.3) is 6.08 Å². The maximum absolute atomic E-state index is 12.4. The van der Waals surface area contributed by atoms with Gasteiger partial charge in [0.05, 0.1) is 4.91 Å². The zero-order valence-electron chi connectivity index (χ0n) is 9.87. The molecule has 0 unspecified atom stereocenters. The maximum Gasteiger partial charge on any atom is 0.201 e. The van der Waals surface area contributed by atoms with Gasteiger partial charge in [-0.25, -0.2) is 0 Å². The molecule has 0 saturated carbocycles. The van der Waals surface area contributed by atoms with Gasteiger partial charge in [0.25, 0.3) is 0 Å². The quantitative estimate of drug-likeness (QED) is 0.589. The number of rotatable bonds is 1. The Kier molecular flexibility index (Phi) is 3.60. The van der Waals surface area contributed by atoms with Gasteiger partial charge in [-0.1, -0.05) is 23.4 Å². The molecule has 19 heavy (non-hydrogen) atoms. The Hall–Kier alpha value is -0.550. The second-order valence-electron chi connectivity index (χ2n) is 4.20. The average molecular weight is 372 g/mol. The Morgan fingerprint density at radius 2 is 2.11 bits per heavy atom. The standard InChI is InChI=1S/C14H8BrClOS2/c1-7-2-9(16)4-11-13(7)14(17)12(19-11)5-10-3-8(15)6-18-10/h2-6H,1H3/b12-5-. The average Bonchev–Trinajstić information content (AvgIpc) is 2.84. The molecule has 0 aliphatic carbocycles. The van der Waals surface area contributed by atoms with E-state index in [0.717, 1.165) is 30.3 Å². The minimum absolute atomic E-state index is 0.0960. The molecule has 0 saturated heterocycles. The molecular weight excluding hydrogens is 364 g/mol. The van der Waals surface area contributed by atoms with Crippen LogP contribution in [0.1, 0.15) is 20.8 Å². The highest BCUT2D eigenvalue weighted by Crippen LogP contribution is 2.44. The second kappa shape index (κ2) is 5.09. The Morgan fingerprint density at radius 3 is 2.79 bits per heavy atom. The zero-order chi connectivity index (χ0) is 13.6. The molecule has 1 nitrogen and oxygen atoms in total. The molecule has 0 bridgehead atoms. The van der Waals surface area contributed by atoms with Gasteiger partial charge in [-0.3, -0.25) is 4.79 Å². The van der Waals surface area contributed by atoms with Crippen LogP contribution in [0, 0.1) is 6.92 Å². The van der Waals surface area contributed by atoms with Gasteiger partial charge < -0.3 is 0 Å². The van der Waals surface area contributed by atoms with E-state index >= 15 is 0 Å². The van der Waals surface area contributed by atoms with E-state index in [4.69, 9.17) is 11.6 Å². The van der Waals surface area contributed by atoms with Crippen LogP contribution in [0.15, 0.2) is 37.9 Å². The highest BCUT2D eigenvalue weighted by molar-refractivity contribution is 9.10. The summed E-state index contributed by atoms with van der Waals surface area (Å²) >= 11 is 12.6. The number of thioether (sulfide) groups is 1. The molecule has 0 fully saturated rings. The molecule has 96 valence electrons. The predicted octanol–water partition coefficient (Wildman–Crippen LogP) is 5.80. The van der Waals surface area contributed by atoms with Crippen molar-refractivity contribution in [3.63, 3.8) is 0 Å². The summed E-state index contributed by atoms with van der Waals surface area (Å²) in [5.74, 6) is 0.0960. The molecule has 2 heterocycles. The molecule has 1 aromatic carbocycles. The van der Waals surface area contributed by atoms with Crippen molar-refractivity contribution in [1.29, 1.82) is 0 Å². The Balaban J connectivity index is 2.04. The number of Topliss-reactive ketones (excluding diaryl/α,β-unsaturated/α-hetero) is 1. The Morgan fingerprint density at radius 1 is 1.32 bits per heavy atom. The number of allylic oxidation sites excluding steroid dienone is 1. The predicted molar refractivity (Wildman–Crippen MR) is 86.4 cm³/mol. The number of halogens is 2. The summed E-state index contributed by atoms with van der Waals surface area (Å²) in [6, 6.07) is 5.70. The summed E-state index contributed by atoms with van der Waals surface area (Å²) in [5, 5.41) is 2.68. The first-order chi connectivity index (χ1) is 9.04. The first kappa shape index (κ1) is 13.4. The molecule has 1 aliphatic rings. The molecule has 0 radical (unpaired) electrons. The van der Waals surface area contributed by atoms with Crippen LogP contribution in [-0.2, 0) is 0 Å². The van der Waals surface area contributed by atoms with Crippen molar-refractivity contribution in [3.8, 4) is 0 Å². The number of ketones is 1. The van der Waals surface area contributed by atoms with Crippen LogP contribution < -0.4 is 0 Å². The summed E-state index contributed by atoms with van der Waals surface area (Å²) < 4.78 is 1.04. The lowest BCUT2D eigenvalue weighted by atomic mass is 10.0. The smallest absolute Gasteiger partial charge is 0.201 e. The number of thiophene rings is 1. The van der Waals surface area contributed by atoms with E-state index in [0.29, 0.717) is 5.02 Å². The third-order valence-electron chi connectivity index (χ3n) is 2.80. The fourth-order valence-electron chi connectivity index (χ4n) is 2.00. The summed E-state index contributed by atoms with van der Waals surface area (Å²) in [6.45, 7) is 1.92. The molecule has 0 amide bonds. The number of carbonyl (C=O) groups is 1. The lowest BCUT2D eigenvalue weighted by Crippen LogP contribution is -1.97. The van der Waals surface area contributed by atoms with Crippen LogP contribution in [0.4, 0.5) is 0 Å². The summed E-state index contributed by atoms with van der Waals surface area (Å²) in [5.41, 5.74) is 1.73. The van der Waals surface area contributed by atoms with Crippen LogP contribution in [0.3, 0.4) is 0 Å². The minimum atomic E-state index is 0.0960. The van der Waals surface area contributed by atoms with Crippen LogP contribution in [0.5, 0.6) is 0 Å². The van der Waals surface area contributed by atoms with Crippen molar-refractivity contribution >= 4 is 62.5 Å². The summed E-state index contributed by atoms with van der Waals surface area (Å²) in [7, 11) is 0. The fraction of sp³-hybridized carbons (Fsp3) is 0.0714. The van der Waals surface area contributed by atoms with E-state index in [-0.39, 0.29) is 5.78 Å². The van der Waals surface area contributed by atoms with Crippen molar-refractivity contribution in [2.75, 3.05) is 0 Å². The molecule has 1 aliphatic heterocycles. The Bertz CT molecular complexity index is 718. The topological polar surface area (TPSA) is 17.1 Å². The van der Waals surface area contributed by atoms with Crippen LogP contribution in [0.2, 0.25) is 5.02 Å². The SMILES string of the molecule is Cc1cc(Cl)cc2c1C(=O)/C(=C/c1cc(Br)cs1)S2. The lowest BCUT2D eigenvalue weighted by molar-refractivity contribution is 0.104. The first-order valence-corrected chi connectivity index (χ1v) is 8.40. The van der Waals surface area contributed by atoms with Gasteiger partial charge in [-0.05, 0) is 52.7 Å². The zero-order valence-corrected chi connectivity index (χ0v) is 13.8. The van der Waals surface area contributed by atoms with E-state index in [1.165, 1.54) is 11.8 Å². The van der Waals surface area contributed by atoms with Gasteiger partial charge in [0.15, 0.2) is 0 Å². The monoisotopic (exact) mass is 370 g/mol. The Labute approximate surface area is 132 Å². The summed E-state index contributed by atoms with van der Waals surface area (Å²) in [6.07, 6.45) is 1.94. The highest BCUT2D eigenvalue weighted by atomic mass is 79.9. The number of carbonyl (C=O) groups excluding carboxylic acids is 1. The van der Waals surface area contributed by atoms with Gasteiger partial charge in [0.1, 0.15) is 0 Å². The highest BCUT2D eigenvalue weighted by Gasteiger charge is 2.28. The van der Waals surface area contributed by atoms with Crippen molar-refractivity contribution in [2.24, 2.45) is 0 Å². The second-order valence-corrected chi connectivity index (χ2v) is 7.58. The third-order valence-corrected chi connectivity index (χ3v) is 5.72. The largest absolute Gasteiger partial charge is 0.288 e. The maximum atomic E-state index is 12.4. The van der Waals surface area contributed by atoms with Gasteiger partial charge in [-0.2, -0.15) is 0 Å². The number of hydrogen-bond donors (Lipinski definition) is 0. The fourth-order valence-corrected chi connectivity index (χ4v) is 4.95. The van der Waals surface area contributed by atoms with E-state index in [1.54, 1.807) is 11.3 Å². The summed E-state index contributed by atoms with van der Waals surface area (Å²) in [4.78, 5) is 15.2. The molecule has 0 atom stereocenters. The van der Waals surface area contributed by atoms with Crippen molar-refractivity contribution in [1.82, 2.24) is 0 Å².